The predicted molar refractivity (Wildman–Crippen MR) is 120 cm³/mol. The van der Waals surface area contributed by atoms with Crippen molar-refractivity contribution in [2.75, 3.05) is 39.0 Å². The van der Waals surface area contributed by atoms with Crippen molar-refractivity contribution in [2.24, 2.45) is 0 Å². The Morgan fingerprint density at radius 2 is 1.88 bits per heavy atom. The zero-order valence-electron chi connectivity index (χ0n) is 19.4. The van der Waals surface area contributed by atoms with Crippen molar-refractivity contribution in [1.29, 1.82) is 5.26 Å². The first kappa shape index (κ1) is 26.8. The average Bonchev–Trinajstić information content (AvgIpc) is 2.89. The first-order valence-corrected chi connectivity index (χ1v) is 15.0. The third-order valence-electron chi connectivity index (χ3n) is 6.30. The fraction of sp³-hybridized carbons (Fsp3) is 0.667. The highest BCUT2D eigenvalue weighted by molar-refractivity contribution is 7.91. The van der Waals surface area contributed by atoms with Crippen molar-refractivity contribution in [3.63, 3.8) is 0 Å². The molecule has 11 heteroatoms. The number of nitriles is 1. The number of nitrogens with zero attached hydrogens (tertiary/aromatic N) is 2. The van der Waals surface area contributed by atoms with E-state index >= 15 is 0 Å². The van der Waals surface area contributed by atoms with Crippen LogP contribution in [-0.2, 0) is 20.4 Å². The van der Waals surface area contributed by atoms with Crippen molar-refractivity contribution in [1.82, 2.24) is 10.2 Å². The standard InChI is InChI=1S/C21H32F3N3O3SSi/c1-20(2,3)32(5,6)30-12-11-27(4)10-9-26-18-14-31(28,29)19-15(18)7-8-17(16(19)13-25)21(22,23)24/h7-8,18,26H,9-12,14H2,1-6H3. The van der Waals surface area contributed by atoms with Crippen molar-refractivity contribution < 1.29 is 26.0 Å². The van der Waals surface area contributed by atoms with E-state index in [0.717, 1.165) is 12.1 Å². The second-order valence-electron chi connectivity index (χ2n) is 9.72. The summed E-state index contributed by atoms with van der Waals surface area (Å²) in [4.78, 5) is 1.56. The Balaban J connectivity index is 2.00. The molecule has 0 amide bonds. The van der Waals surface area contributed by atoms with Crippen LogP contribution >= 0.6 is 0 Å². The molecular formula is C21H32F3N3O3SSi. The van der Waals surface area contributed by atoms with Gasteiger partial charge in [-0.15, -0.1) is 0 Å². The van der Waals surface area contributed by atoms with Gasteiger partial charge in [0, 0.05) is 32.3 Å². The van der Waals surface area contributed by atoms with Gasteiger partial charge in [-0.25, -0.2) is 8.42 Å². The van der Waals surface area contributed by atoms with Crippen LogP contribution in [0, 0.1) is 11.3 Å². The van der Waals surface area contributed by atoms with E-state index < -0.39 is 46.4 Å². The number of sulfone groups is 1. The number of nitrogens with one attached hydrogen (secondary N) is 1. The summed E-state index contributed by atoms with van der Waals surface area (Å²) in [5.41, 5.74) is -1.82. The molecule has 0 radical (unpaired) electrons. The van der Waals surface area contributed by atoms with Crippen LogP contribution in [0.3, 0.4) is 0 Å². The lowest BCUT2D eigenvalue weighted by Gasteiger charge is -2.36. The Kier molecular flexibility index (Phi) is 7.89. The number of likely N-dealkylation sites (N-methyl/N-ethyl adjacent to an activating group) is 1. The van der Waals surface area contributed by atoms with Crippen LogP contribution in [0.5, 0.6) is 0 Å². The van der Waals surface area contributed by atoms with Gasteiger partial charge in [-0.05, 0) is 36.8 Å². The average molecular weight is 492 g/mol. The van der Waals surface area contributed by atoms with Crippen molar-refractivity contribution >= 4 is 18.2 Å². The molecule has 32 heavy (non-hydrogen) atoms. The van der Waals surface area contributed by atoms with E-state index in [0.29, 0.717) is 26.2 Å². The number of halogens is 3. The molecule has 0 saturated heterocycles. The maximum Gasteiger partial charge on any atom is 0.417 e. The molecule has 0 fully saturated rings. The van der Waals surface area contributed by atoms with Crippen molar-refractivity contribution in [2.45, 2.75) is 56.0 Å². The zero-order valence-corrected chi connectivity index (χ0v) is 21.2. The SMILES string of the molecule is CN(CCNC1CS(=O)(=O)c2c1ccc(C(F)(F)F)c2C#N)CCO[Si](C)(C)C(C)(C)C. The number of hydrogen-bond donors (Lipinski definition) is 1. The highest BCUT2D eigenvalue weighted by Gasteiger charge is 2.43. The lowest BCUT2D eigenvalue weighted by atomic mass is 10.0. The van der Waals surface area contributed by atoms with Gasteiger partial charge in [0.25, 0.3) is 0 Å². The summed E-state index contributed by atoms with van der Waals surface area (Å²) in [5, 5.41) is 12.5. The Morgan fingerprint density at radius 3 is 2.41 bits per heavy atom. The molecule has 1 aromatic rings. The minimum atomic E-state index is -4.80. The lowest BCUT2D eigenvalue weighted by Crippen LogP contribution is -2.43. The maximum absolute atomic E-state index is 13.2. The van der Waals surface area contributed by atoms with Crippen LogP contribution in [0.4, 0.5) is 13.2 Å². The van der Waals surface area contributed by atoms with Crippen LogP contribution in [0.15, 0.2) is 17.0 Å². The molecule has 1 aliphatic heterocycles. The van der Waals surface area contributed by atoms with Crippen LogP contribution in [0.25, 0.3) is 0 Å². The number of rotatable bonds is 8. The number of hydrogen-bond acceptors (Lipinski definition) is 6. The maximum atomic E-state index is 13.2. The molecule has 1 heterocycles. The van der Waals surface area contributed by atoms with Crippen LogP contribution in [0.2, 0.25) is 18.1 Å². The molecule has 0 spiro atoms. The fourth-order valence-corrected chi connectivity index (χ4v) is 6.31. The second kappa shape index (κ2) is 9.42. The summed E-state index contributed by atoms with van der Waals surface area (Å²) < 4.78 is 70.9. The van der Waals surface area contributed by atoms with Crippen molar-refractivity contribution in [3.8, 4) is 6.07 Å². The summed E-state index contributed by atoms with van der Waals surface area (Å²) in [7, 11) is -3.88. The van der Waals surface area contributed by atoms with Gasteiger partial charge in [-0.2, -0.15) is 18.4 Å². The smallest absolute Gasteiger partial charge is 0.416 e. The molecule has 1 N–H and O–H groups in total. The van der Waals surface area contributed by atoms with E-state index in [1.54, 1.807) is 0 Å². The number of benzene rings is 1. The third-order valence-corrected chi connectivity index (χ3v) is 12.7. The van der Waals surface area contributed by atoms with Gasteiger partial charge >= 0.3 is 6.18 Å². The Bertz CT molecular complexity index is 983. The first-order valence-electron chi connectivity index (χ1n) is 10.4. The van der Waals surface area contributed by atoms with E-state index in [1.807, 2.05) is 7.05 Å². The van der Waals surface area contributed by atoms with E-state index in [9.17, 15) is 26.9 Å². The minimum Gasteiger partial charge on any atom is -0.416 e. The molecule has 180 valence electrons. The first-order chi connectivity index (χ1) is 14.5. The van der Waals surface area contributed by atoms with Gasteiger partial charge in [0.05, 0.1) is 21.8 Å². The van der Waals surface area contributed by atoms with Crippen LogP contribution in [-0.4, -0.2) is 60.7 Å². The molecule has 0 aliphatic carbocycles. The molecule has 1 aliphatic rings. The van der Waals surface area contributed by atoms with Crippen LogP contribution < -0.4 is 5.32 Å². The van der Waals surface area contributed by atoms with E-state index in [4.69, 9.17) is 4.43 Å². The Labute approximate surface area is 189 Å². The third kappa shape index (κ3) is 5.91. The van der Waals surface area contributed by atoms with Crippen LogP contribution in [0.1, 0.15) is 43.5 Å². The molecule has 1 aromatic carbocycles. The van der Waals surface area contributed by atoms with Gasteiger partial charge < -0.3 is 14.6 Å². The predicted octanol–water partition coefficient (Wildman–Crippen LogP) is 3.95. The van der Waals surface area contributed by atoms with Gasteiger partial charge in [-0.1, -0.05) is 26.8 Å². The second-order valence-corrected chi connectivity index (χ2v) is 16.5. The Hall–Kier alpha value is -1.45. The highest BCUT2D eigenvalue weighted by atomic mass is 32.2. The minimum absolute atomic E-state index is 0.128. The largest absolute Gasteiger partial charge is 0.417 e. The fourth-order valence-electron chi connectivity index (χ4n) is 3.33. The molecule has 0 saturated carbocycles. The Morgan fingerprint density at radius 1 is 1.25 bits per heavy atom. The summed E-state index contributed by atoms with van der Waals surface area (Å²) in [6, 6.07) is 2.75. The van der Waals surface area contributed by atoms with E-state index in [1.165, 1.54) is 6.07 Å². The van der Waals surface area contributed by atoms with E-state index in [-0.39, 0.29) is 16.4 Å². The van der Waals surface area contributed by atoms with Gasteiger partial charge in [-0.3, -0.25) is 0 Å². The number of fused-ring (bicyclic) bond motifs is 1. The van der Waals surface area contributed by atoms with Gasteiger partial charge in [0.15, 0.2) is 18.2 Å². The van der Waals surface area contributed by atoms with E-state index in [2.05, 4.69) is 44.1 Å². The molecule has 1 atom stereocenters. The highest BCUT2D eigenvalue weighted by Crippen LogP contribution is 2.41. The summed E-state index contributed by atoms with van der Waals surface area (Å²) >= 11 is 0. The quantitative estimate of drug-likeness (QED) is 0.555. The normalized spacial score (nSPS) is 18.6. The molecule has 2 rings (SSSR count). The van der Waals surface area contributed by atoms with Gasteiger partial charge in [0.2, 0.25) is 0 Å². The molecule has 0 aromatic heterocycles. The summed E-state index contributed by atoms with van der Waals surface area (Å²) in [6.45, 7) is 13.3. The number of alkyl halides is 3. The summed E-state index contributed by atoms with van der Waals surface area (Å²) in [5.74, 6) is -0.365. The summed E-state index contributed by atoms with van der Waals surface area (Å²) in [6.07, 6.45) is -4.80. The molecular weight excluding hydrogens is 459 g/mol. The zero-order chi connectivity index (χ0) is 24.5. The van der Waals surface area contributed by atoms with Gasteiger partial charge in [0.1, 0.15) is 6.07 Å². The lowest BCUT2D eigenvalue weighted by molar-refractivity contribution is -0.137. The monoisotopic (exact) mass is 491 g/mol. The molecule has 0 bridgehead atoms. The molecule has 6 nitrogen and oxygen atoms in total. The van der Waals surface area contributed by atoms with Crippen molar-refractivity contribution in [3.05, 3.63) is 28.8 Å². The molecule has 1 unspecified atom stereocenters. The topological polar surface area (TPSA) is 82.4 Å².